The Morgan fingerprint density at radius 1 is 1.18 bits per heavy atom. The van der Waals surface area contributed by atoms with Gasteiger partial charge in [-0.2, -0.15) is 5.10 Å². The summed E-state index contributed by atoms with van der Waals surface area (Å²) < 4.78 is 2.00. The average Bonchev–Trinajstić information content (AvgIpc) is 2.57. The molecule has 0 saturated heterocycles. The molecule has 0 aliphatic heterocycles. The van der Waals surface area contributed by atoms with Crippen molar-refractivity contribution in [3.63, 3.8) is 0 Å². The van der Waals surface area contributed by atoms with Crippen molar-refractivity contribution >= 4 is 0 Å². The highest BCUT2D eigenvalue weighted by molar-refractivity contribution is 5.42. The first-order valence-electron chi connectivity index (χ1n) is 5.87. The molecule has 0 radical (unpaired) electrons. The lowest BCUT2D eigenvalue weighted by Crippen LogP contribution is -2.03. The predicted octanol–water partition coefficient (Wildman–Crippen LogP) is 2.56. The van der Waals surface area contributed by atoms with Crippen molar-refractivity contribution in [1.82, 2.24) is 9.78 Å². The lowest BCUT2D eigenvalue weighted by molar-refractivity contribution is 0.830. The van der Waals surface area contributed by atoms with Crippen LogP contribution in [0.4, 0.5) is 0 Å². The second-order valence-corrected chi connectivity index (χ2v) is 4.52. The summed E-state index contributed by atoms with van der Waals surface area (Å²) in [4.78, 5) is 0. The summed E-state index contributed by atoms with van der Waals surface area (Å²) in [6.45, 7) is 8.92. The maximum Gasteiger partial charge on any atom is 0.0651 e. The molecular formula is C14H19N3. The van der Waals surface area contributed by atoms with Gasteiger partial charge in [0.25, 0.3) is 0 Å². The molecule has 0 aliphatic rings. The molecule has 0 aliphatic carbocycles. The lowest BCUT2D eigenvalue weighted by Gasteiger charge is -2.08. The van der Waals surface area contributed by atoms with Crippen LogP contribution >= 0.6 is 0 Å². The van der Waals surface area contributed by atoms with Crippen LogP contribution in [-0.2, 0) is 6.54 Å². The van der Waals surface area contributed by atoms with E-state index < -0.39 is 0 Å². The van der Waals surface area contributed by atoms with Crippen LogP contribution < -0.4 is 5.73 Å². The molecule has 0 fully saturated rings. The fourth-order valence-electron chi connectivity index (χ4n) is 2.01. The summed E-state index contributed by atoms with van der Waals surface area (Å²) in [6.07, 6.45) is 0. The van der Waals surface area contributed by atoms with Gasteiger partial charge in [0, 0.05) is 12.2 Å². The Bertz CT molecular complexity index is 553. The molecule has 1 heterocycles. The van der Waals surface area contributed by atoms with Gasteiger partial charge in [0.1, 0.15) is 0 Å². The molecule has 0 unspecified atom stereocenters. The number of rotatable bonds is 2. The molecule has 0 amide bonds. The van der Waals surface area contributed by atoms with Gasteiger partial charge in [-0.1, -0.05) is 6.07 Å². The lowest BCUT2D eigenvalue weighted by atomic mass is 10.1. The molecule has 0 saturated carbocycles. The first-order valence-corrected chi connectivity index (χ1v) is 5.87. The van der Waals surface area contributed by atoms with E-state index in [1.165, 1.54) is 22.4 Å². The van der Waals surface area contributed by atoms with Crippen LogP contribution in [0.1, 0.15) is 28.1 Å². The Morgan fingerprint density at radius 2 is 1.88 bits per heavy atom. The van der Waals surface area contributed by atoms with Gasteiger partial charge in [0.05, 0.1) is 11.4 Å². The van der Waals surface area contributed by atoms with E-state index in [2.05, 4.69) is 44.1 Å². The van der Waals surface area contributed by atoms with E-state index >= 15 is 0 Å². The Kier molecular flexibility index (Phi) is 3.03. The normalized spacial score (nSPS) is 10.9. The van der Waals surface area contributed by atoms with E-state index in [0.717, 1.165) is 11.4 Å². The predicted molar refractivity (Wildman–Crippen MR) is 70.4 cm³/mol. The fourth-order valence-corrected chi connectivity index (χ4v) is 2.01. The van der Waals surface area contributed by atoms with Crippen LogP contribution in [0, 0.1) is 27.7 Å². The maximum atomic E-state index is 5.68. The molecule has 2 rings (SSSR count). The fraction of sp³-hybridized carbons (Fsp3) is 0.357. The zero-order valence-electron chi connectivity index (χ0n) is 10.9. The number of hydrogen-bond donors (Lipinski definition) is 1. The van der Waals surface area contributed by atoms with Crippen LogP contribution in [-0.4, -0.2) is 9.78 Å². The van der Waals surface area contributed by atoms with Crippen LogP contribution in [0.15, 0.2) is 18.2 Å². The van der Waals surface area contributed by atoms with Crippen LogP contribution in [0.2, 0.25) is 0 Å². The number of nitrogens with zero attached hydrogens (tertiary/aromatic N) is 2. The number of aromatic nitrogens is 2. The topological polar surface area (TPSA) is 43.8 Å². The summed E-state index contributed by atoms with van der Waals surface area (Å²) in [5.41, 5.74) is 12.7. The SMILES string of the molecule is Cc1cc(-n2nc(C)c(C)c2C)ccc1CN. The van der Waals surface area contributed by atoms with Crippen molar-refractivity contribution in [2.75, 3.05) is 0 Å². The maximum absolute atomic E-state index is 5.68. The molecule has 17 heavy (non-hydrogen) atoms. The van der Waals surface area contributed by atoms with Gasteiger partial charge in [0.2, 0.25) is 0 Å². The number of aryl methyl sites for hydroxylation is 2. The van der Waals surface area contributed by atoms with E-state index in [-0.39, 0.29) is 0 Å². The minimum absolute atomic E-state index is 0.586. The molecule has 1 aromatic heterocycles. The third kappa shape index (κ3) is 1.98. The average molecular weight is 229 g/mol. The molecule has 2 aromatic rings. The van der Waals surface area contributed by atoms with Crippen LogP contribution in [0.5, 0.6) is 0 Å². The van der Waals surface area contributed by atoms with Crippen molar-refractivity contribution in [1.29, 1.82) is 0 Å². The van der Waals surface area contributed by atoms with Crippen molar-refractivity contribution < 1.29 is 0 Å². The summed E-state index contributed by atoms with van der Waals surface area (Å²) in [7, 11) is 0. The van der Waals surface area contributed by atoms with Crippen LogP contribution in [0.25, 0.3) is 5.69 Å². The van der Waals surface area contributed by atoms with Crippen molar-refractivity contribution in [2.45, 2.75) is 34.2 Å². The number of nitrogens with two attached hydrogens (primary N) is 1. The summed E-state index contributed by atoms with van der Waals surface area (Å²) >= 11 is 0. The van der Waals surface area contributed by atoms with Gasteiger partial charge in [-0.05, 0) is 56.5 Å². The largest absolute Gasteiger partial charge is 0.326 e. The third-order valence-corrected chi connectivity index (χ3v) is 3.44. The van der Waals surface area contributed by atoms with Gasteiger partial charge in [-0.15, -0.1) is 0 Å². The van der Waals surface area contributed by atoms with E-state index in [1.807, 2.05) is 11.6 Å². The van der Waals surface area contributed by atoms with E-state index in [9.17, 15) is 0 Å². The number of benzene rings is 1. The Hall–Kier alpha value is -1.61. The standard InChI is InChI=1S/C14H19N3/c1-9-7-14(6-5-13(9)8-15)17-12(4)10(2)11(3)16-17/h5-7H,8,15H2,1-4H3. The van der Waals surface area contributed by atoms with Gasteiger partial charge >= 0.3 is 0 Å². The molecule has 1 aromatic carbocycles. The van der Waals surface area contributed by atoms with Gasteiger partial charge in [-0.3, -0.25) is 0 Å². The minimum atomic E-state index is 0.586. The first kappa shape index (κ1) is 11.9. The Morgan fingerprint density at radius 3 is 2.35 bits per heavy atom. The second-order valence-electron chi connectivity index (χ2n) is 4.52. The van der Waals surface area contributed by atoms with Crippen LogP contribution in [0.3, 0.4) is 0 Å². The molecule has 0 spiro atoms. The summed E-state index contributed by atoms with van der Waals surface area (Å²) in [5, 5.41) is 4.56. The summed E-state index contributed by atoms with van der Waals surface area (Å²) in [5.74, 6) is 0. The van der Waals surface area contributed by atoms with Crippen molar-refractivity contribution in [2.24, 2.45) is 5.73 Å². The van der Waals surface area contributed by atoms with E-state index in [4.69, 9.17) is 5.73 Å². The van der Waals surface area contributed by atoms with Gasteiger partial charge in [-0.25, -0.2) is 4.68 Å². The summed E-state index contributed by atoms with van der Waals surface area (Å²) in [6, 6.07) is 6.30. The second kappa shape index (κ2) is 4.34. The van der Waals surface area contributed by atoms with E-state index in [1.54, 1.807) is 0 Å². The molecule has 2 N–H and O–H groups in total. The Balaban J connectivity index is 2.53. The monoisotopic (exact) mass is 229 g/mol. The smallest absolute Gasteiger partial charge is 0.0651 e. The van der Waals surface area contributed by atoms with Gasteiger partial charge in [0.15, 0.2) is 0 Å². The molecule has 90 valence electrons. The highest BCUT2D eigenvalue weighted by atomic mass is 15.3. The zero-order chi connectivity index (χ0) is 12.6. The zero-order valence-corrected chi connectivity index (χ0v) is 10.9. The van der Waals surface area contributed by atoms with Crippen molar-refractivity contribution in [3.8, 4) is 5.69 Å². The highest BCUT2D eigenvalue weighted by Gasteiger charge is 2.09. The highest BCUT2D eigenvalue weighted by Crippen LogP contribution is 2.19. The minimum Gasteiger partial charge on any atom is -0.326 e. The van der Waals surface area contributed by atoms with Crippen molar-refractivity contribution in [3.05, 3.63) is 46.3 Å². The Labute approximate surface area is 102 Å². The molecule has 0 bridgehead atoms. The molecular weight excluding hydrogens is 210 g/mol. The molecule has 3 nitrogen and oxygen atoms in total. The van der Waals surface area contributed by atoms with Gasteiger partial charge < -0.3 is 5.73 Å². The number of hydrogen-bond acceptors (Lipinski definition) is 2. The molecule has 3 heteroatoms. The first-order chi connectivity index (χ1) is 8.04. The molecule has 0 atom stereocenters. The van der Waals surface area contributed by atoms with E-state index in [0.29, 0.717) is 6.54 Å². The quantitative estimate of drug-likeness (QED) is 0.860. The third-order valence-electron chi connectivity index (χ3n) is 3.44.